The number of hydrogen-bond donors (Lipinski definition) is 0. The van der Waals surface area contributed by atoms with E-state index in [9.17, 15) is 4.79 Å². The third kappa shape index (κ3) is 3.95. The molecular weight excluding hydrogens is 294 g/mol. The van der Waals surface area contributed by atoms with Crippen LogP contribution in [0.5, 0.6) is 5.75 Å². The molecule has 1 aliphatic carbocycles. The molecule has 1 saturated carbocycles. The minimum Gasteiger partial charge on any atom is -0.490 e. The summed E-state index contributed by atoms with van der Waals surface area (Å²) in [5.74, 6) is 0.863. The predicted molar refractivity (Wildman–Crippen MR) is 86.2 cm³/mol. The van der Waals surface area contributed by atoms with E-state index >= 15 is 0 Å². The minimum atomic E-state index is -0.427. The highest BCUT2D eigenvalue weighted by atomic mass is 16.6. The molecule has 2 fully saturated rings. The number of amides is 1. The van der Waals surface area contributed by atoms with Crippen LogP contribution in [0.25, 0.3) is 0 Å². The Hall–Kier alpha value is -1.78. The van der Waals surface area contributed by atoms with Crippen molar-refractivity contribution in [3.05, 3.63) is 24.7 Å². The molecule has 2 aliphatic rings. The van der Waals surface area contributed by atoms with E-state index in [-0.39, 0.29) is 12.2 Å². The second-order valence-electron chi connectivity index (χ2n) is 7.76. The van der Waals surface area contributed by atoms with E-state index in [1.165, 1.54) is 0 Å². The molecule has 0 N–H and O–H groups in total. The van der Waals surface area contributed by atoms with Gasteiger partial charge < -0.3 is 14.4 Å². The molecule has 0 atom stereocenters. The van der Waals surface area contributed by atoms with E-state index in [0.717, 1.165) is 44.5 Å². The van der Waals surface area contributed by atoms with E-state index in [0.29, 0.717) is 5.41 Å². The van der Waals surface area contributed by atoms with Crippen LogP contribution < -0.4 is 4.74 Å². The number of ether oxygens (including phenoxy) is 2. The van der Waals surface area contributed by atoms with Crippen LogP contribution in [0.3, 0.4) is 0 Å². The molecular formula is C18H26NO4+. The lowest BCUT2D eigenvalue weighted by Crippen LogP contribution is -2.52. The lowest BCUT2D eigenvalue weighted by Gasteiger charge is -2.51. The first-order valence-corrected chi connectivity index (χ1v) is 8.35. The van der Waals surface area contributed by atoms with Gasteiger partial charge in [0.2, 0.25) is 0 Å². The largest absolute Gasteiger partial charge is 0.490 e. The molecule has 0 bridgehead atoms. The van der Waals surface area contributed by atoms with Crippen molar-refractivity contribution < 1.29 is 18.7 Å². The fourth-order valence-electron chi connectivity index (χ4n) is 3.47. The summed E-state index contributed by atoms with van der Waals surface area (Å²) in [6, 6.07) is 3.69. The molecule has 1 spiro atoms. The Labute approximate surface area is 137 Å². The molecule has 5 nitrogen and oxygen atoms in total. The highest BCUT2D eigenvalue weighted by molar-refractivity contribution is 5.68. The topological polar surface area (TPSA) is 50.1 Å². The van der Waals surface area contributed by atoms with Gasteiger partial charge in [-0.1, -0.05) is 0 Å². The smallest absolute Gasteiger partial charge is 0.410 e. The third-order valence-corrected chi connectivity index (χ3v) is 4.72. The maximum Gasteiger partial charge on any atom is 0.410 e. The van der Waals surface area contributed by atoms with Crippen molar-refractivity contribution in [2.45, 2.75) is 58.2 Å². The van der Waals surface area contributed by atoms with E-state index in [1.54, 1.807) is 12.5 Å². The van der Waals surface area contributed by atoms with Crippen LogP contribution >= 0.6 is 0 Å². The van der Waals surface area contributed by atoms with Crippen LogP contribution in [-0.2, 0) is 4.74 Å². The second kappa shape index (κ2) is 6.02. The zero-order valence-electron chi connectivity index (χ0n) is 14.2. The van der Waals surface area contributed by atoms with Crippen molar-refractivity contribution in [3.63, 3.8) is 0 Å². The fourth-order valence-corrected chi connectivity index (χ4v) is 3.47. The first kappa shape index (κ1) is 16.1. The van der Waals surface area contributed by atoms with Gasteiger partial charge in [0.15, 0.2) is 0 Å². The van der Waals surface area contributed by atoms with E-state index in [2.05, 4.69) is 0 Å². The number of carbonyl (C=O) groups is 1. The molecule has 1 aromatic rings. The number of hydrogen-bond acceptors (Lipinski definition) is 3. The van der Waals surface area contributed by atoms with Crippen molar-refractivity contribution in [2.75, 3.05) is 13.1 Å². The molecule has 0 aromatic carbocycles. The molecule has 3 rings (SSSR count). The summed E-state index contributed by atoms with van der Waals surface area (Å²) in [5.41, 5.74) is -0.0775. The predicted octanol–water partition coefficient (Wildman–Crippen LogP) is 4.12. The Kier molecular flexibility index (Phi) is 4.21. The van der Waals surface area contributed by atoms with Crippen molar-refractivity contribution in [1.82, 2.24) is 4.90 Å². The van der Waals surface area contributed by atoms with Gasteiger partial charge >= 0.3 is 18.6 Å². The van der Waals surface area contributed by atoms with Gasteiger partial charge in [-0.05, 0) is 51.9 Å². The van der Waals surface area contributed by atoms with Crippen molar-refractivity contribution in [2.24, 2.45) is 5.41 Å². The Bertz CT molecular complexity index is 536. The summed E-state index contributed by atoms with van der Waals surface area (Å²) in [4.78, 5) is 13.9. The average Bonchev–Trinajstić information content (AvgIpc) is 2.45. The minimum absolute atomic E-state index is 0.187. The summed E-state index contributed by atoms with van der Waals surface area (Å²) >= 11 is 0. The first-order chi connectivity index (χ1) is 10.9. The second-order valence-corrected chi connectivity index (χ2v) is 7.76. The Morgan fingerprint density at radius 2 is 1.83 bits per heavy atom. The van der Waals surface area contributed by atoms with E-state index < -0.39 is 5.60 Å². The van der Waals surface area contributed by atoms with Crippen LogP contribution in [0.15, 0.2) is 29.1 Å². The normalized spacial score (nSPS) is 20.9. The number of carbonyl (C=O) groups excluding carboxylic acids is 1. The molecule has 23 heavy (non-hydrogen) atoms. The fraction of sp³-hybridized carbons (Fsp3) is 0.667. The highest BCUT2D eigenvalue weighted by Crippen LogP contribution is 2.50. The number of piperidine rings is 1. The Balaban J connectivity index is 1.44. The van der Waals surface area contributed by atoms with Crippen LogP contribution in [0, 0.1) is 5.41 Å². The highest BCUT2D eigenvalue weighted by Gasteiger charge is 2.48. The average molecular weight is 320 g/mol. The van der Waals surface area contributed by atoms with Gasteiger partial charge in [0.25, 0.3) is 0 Å². The summed E-state index contributed by atoms with van der Waals surface area (Å²) in [6.45, 7) is 7.28. The molecule has 2 heterocycles. The SMILES string of the molecule is CC(C)(C)OC(=O)N1CCC2(CC1)CC(Oc1cc[o+]cc1)C2. The molecule has 1 aliphatic heterocycles. The van der Waals surface area contributed by atoms with Crippen LogP contribution in [0.4, 0.5) is 4.79 Å². The summed E-state index contributed by atoms with van der Waals surface area (Å²) in [6.07, 6.45) is 7.57. The molecule has 1 saturated heterocycles. The van der Waals surface area contributed by atoms with Gasteiger partial charge in [-0.15, -0.1) is 0 Å². The quantitative estimate of drug-likeness (QED) is 0.769. The van der Waals surface area contributed by atoms with Gasteiger partial charge in [0, 0.05) is 13.1 Å². The maximum atomic E-state index is 12.1. The van der Waals surface area contributed by atoms with Crippen molar-refractivity contribution in [3.8, 4) is 5.75 Å². The molecule has 5 heteroatoms. The zero-order chi connectivity index (χ0) is 16.5. The van der Waals surface area contributed by atoms with Gasteiger partial charge in [-0.25, -0.2) is 9.21 Å². The van der Waals surface area contributed by atoms with Crippen LogP contribution in [0.2, 0.25) is 0 Å². The lowest BCUT2D eigenvalue weighted by atomic mass is 9.61. The lowest BCUT2D eigenvalue weighted by molar-refractivity contribution is -0.0584. The van der Waals surface area contributed by atoms with Gasteiger partial charge in [-0.2, -0.15) is 0 Å². The standard InChI is InChI=1S/C18H26NO4/c1-17(2,3)23-16(20)19-8-6-18(7-9-19)12-15(13-18)22-14-4-10-21-11-5-14/h4-5,10-11,15H,6-9,12-13H2,1-3H3/q+1. The first-order valence-electron chi connectivity index (χ1n) is 8.35. The number of nitrogens with zero attached hydrogens (tertiary/aromatic N) is 1. The molecule has 126 valence electrons. The van der Waals surface area contributed by atoms with Gasteiger partial charge in [-0.3, -0.25) is 0 Å². The maximum absolute atomic E-state index is 12.1. The van der Waals surface area contributed by atoms with Crippen LogP contribution in [0.1, 0.15) is 46.5 Å². The van der Waals surface area contributed by atoms with E-state index in [4.69, 9.17) is 13.9 Å². The Morgan fingerprint density at radius 3 is 2.39 bits per heavy atom. The number of likely N-dealkylation sites (tertiary alicyclic amines) is 1. The summed E-state index contributed by atoms with van der Waals surface area (Å²) < 4.78 is 16.4. The summed E-state index contributed by atoms with van der Waals surface area (Å²) in [7, 11) is 0. The zero-order valence-corrected chi connectivity index (χ0v) is 14.2. The third-order valence-electron chi connectivity index (χ3n) is 4.72. The molecule has 1 aromatic heterocycles. The molecule has 0 radical (unpaired) electrons. The van der Waals surface area contributed by atoms with Crippen molar-refractivity contribution >= 4 is 6.09 Å². The van der Waals surface area contributed by atoms with Gasteiger partial charge in [0.1, 0.15) is 11.4 Å². The molecule has 1 amide bonds. The van der Waals surface area contributed by atoms with Crippen LogP contribution in [-0.4, -0.2) is 35.8 Å². The molecule has 0 unspecified atom stereocenters. The number of rotatable bonds is 2. The van der Waals surface area contributed by atoms with E-state index in [1.807, 2.05) is 37.8 Å². The van der Waals surface area contributed by atoms with Crippen molar-refractivity contribution in [1.29, 1.82) is 0 Å². The van der Waals surface area contributed by atoms with Gasteiger partial charge in [0.05, 0.1) is 18.2 Å². The summed E-state index contributed by atoms with van der Waals surface area (Å²) in [5, 5.41) is 0. The monoisotopic (exact) mass is 320 g/mol. The Morgan fingerprint density at radius 1 is 1.22 bits per heavy atom.